The third kappa shape index (κ3) is 4.86. The van der Waals surface area contributed by atoms with Crippen LogP contribution in [-0.4, -0.2) is 12.5 Å². The molecule has 3 heteroatoms. The van der Waals surface area contributed by atoms with Gasteiger partial charge in [-0.15, -0.1) is 0 Å². The number of aliphatic imine (C=N–C) groups is 1. The van der Waals surface area contributed by atoms with Crippen molar-refractivity contribution in [1.82, 2.24) is 0 Å². The van der Waals surface area contributed by atoms with Crippen molar-refractivity contribution in [3.8, 4) is 0 Å². The van der Waals surface area contributed by atoms with Gasteiger partial charge in [-0.25, -0.2) is 4.39 Å². The highest BCUT2D eigenvalue weighted by molar-refractivity contribution is 5.65. The maximum atomic E-state index is 13.1. The molecule has 0 atom stereocenters. The highest BCUT2D eigenvalue weighted by Gasteiger charge is 2.02. The molecule has 0 saturated carbocycles. The van der Waals surface area contributed by atoms with E-state index >= 15 is 0 Å². The maximum absolute atomic E-state index is 13.1. The quantitative estimate of drug-likeness (QED) is 0.295. The highest BCUT2D eigenvalue weighted by atomic mass is 19.1. The van der Waals surface area contributed by atoms with Gasteiger partial charge < -0.3 is 0 Å². The number of carbonyl (C=O) groups excluding carboxylic acids is 1. The molecule has 0 heterocycles. The van der Waals surface area contributed by atoms with E-state index in [0.29, 0.717) is 11.9 Å². The fourth-order valence-corrected chi connectivity index (χ4v) is 0.940. The molecular formula is C12H14FNO. The van der Waals surface area contributed by atoms with E-state index in [4.69, 9.17) is 0 Å². The van der Waals surface area contributed by atoms with Crippen molar-refractivity contribution >= 4 is 12.5 Å². The third-order valence-electron chi connectivity index (χ3n) is 1.54. The van der Waals surface area contributed by atoms with Gasteiger partial charge in [0.05, 0.1) is 0 Å². The zero-order valence-corrected chi connectivity index (χ0v) is 8.90. The van der Waals surface area contributed by atoms with Crippen LogP contribution in [0, 0.1) is 0 Å². The summed E-state index contributed by atoms with van der Waals surface area (Å²) in [6, 6.07) is 0. The van der Waals surface area contributed by atoms with E-state index in [9.17, 15) is 9.18 Å². The van der Waals surface area contributed by atoms with Gasteiger partial charge in [0.1, 0.15) is 17.8 Å². The number of carbonyl (C=O) groups is 1. The van der Waals surface area contributed by atoms with Crippen LogP contribution < -0.4 is 0 Å². The van der Waals surface area contributed by atoms with E-state index in [-0.39, 0.29) is 5.70 Å². The van der Waals surface area contributed by atoms with E-state index < -0.39 is 5.83 Å². The number of hydrogen-bond donors (Lipinski definition) is 0. The average molecular weight is 207 g/mol. The summed E-state index contributed by atoms with van der Waals surface area (Å²) in [5, 5.41) is 0. The summed E-state index contributed by atoms with van der Waals surface area (Å²) < 4.78 is 13.1. The Labute approximate surface area is 89.2 Å². The van der Waals surface area contributed by atoms with Crippen LogP contribution in [0.15, 0.2) is 53.0 Å². The smallest absolute Gasteiger partial charge is 0.142 e. The first-order valence-corrected chi connectivity index (χ1v) is 4.47. The Morgan fingerprint density at radius 2 is 2.07 bits per heavy atom. The van der Waals surface area contributed by atoms with E-state index in [2.05, 4.69) is 11.6 Å². The van der Waals surface area contributed by atoms with Gasteiger partial charge in [0.15, 0.2) is 0 Å². The summed E-state index contributed by atoms with van der Waals surface area (Å²) in [6.07, 6.45) is 8.03. The zero-order valence-electron chi connectivity index (χ0n) is 8.90. The Hall–Kier alpha value is -1.77. The second kappa shape index (κ2) is 7.62. The molecule has 80 valence electrons. The minimum Gasteiger partial charge on any atom is -0.299 e. The summed E-state index contributed by atoms with van der Waals surface area (Å²) in [5.74, 6) is -0.390. The molecule has 0 aliphatic carbocycles. The van der Waals surface area contributed by atoms with Crippen molar-refractivity contribution in [3.05, 3.63) is 48.0 Å². The largest absolute Gasteiger partial charge is 0.299 e. The molecule has 0 radical (unpaired) electrons. The van der Waals surface area contributed by atoms with Crippen LogP contribution in [-0.2, 0) is 4.79 Å². The number of aldehydes is 1. The third-order valence-corrected chi connectivity index (χ3v) is 1.54. The molecule has 15 heavy (non-hydrogen) atoms. The van der Waals surface area contributed by atoms with Crippen LogP contribution in [0.5, 0.6) is 0 Å². The van der Waals surface area contributed by atoms with Crippen LogP contribution in [0.25, 0.3) is 0 Å². The molecule has 0 aromatic carbocycles. The fourth-order valence-electron chi connectivity index (χ4n) is 0.940. The van der Waals surface area contributed by atoms with Crippen molar-refractivity contribution in [2.24, 2.45) is 4.99 Å². The molecular weight excluding hydrogens is 193 g/mol. The Kier molecular flexibility index (Phi) is 6.72. The lowest BCUT2D eigenvalue weighted by atomic mass is 10.1. The number of allylic oxidation sites excluding steroid dienone is 5. The molecule has 0 spiro atoms. The first-order chi connectivity index (χ1) is 7.17. The Bertz CT molecular complexity index is 345. The van der Waals surface area contributed by atoms with Gasteiger partial charge in [-0.3, -0.25) is 9.79 Å². The molecule has 0 aliphatic rings. The van der Waals surface area contributed by atoms with Crippen LogP contribution >= 0.6 is 0 Å². The number of halogens is 1. The predicted molar refractivity (Wildman–Crippen MR) is 61.5 cm³/mol. The summed E-state index contributed by atoms with van der Waals surface area (Å²) in [5.41, 5.74) is 0.759. The van der Waals surface area contributed by atoms with E-state index in [1.54, 1.807) is 13.0 Å². The van der Waals surface area contributed by atoms with Gasteiger partial charge in [0.25, 0.3) is 0 Å². The van der Waals surface area contributed by atoms with Gasteiger partial charge in [0.2, 0.25) is 0 Å². The summed E-state index contributed by atoms with van der Waals surface area (Å²) in [4.78, 5) is 13.9. The molecule has 0 aromatic rings. The van der Waals surface area contributed by atoms with Crippen molar-refractivity contribution < 1.29 is 9.18 Å². The number of nitrogens with zero attached hydrogens (tertiary/aromatic N) is 1. The van der Waals surface area contributed by atoms with E-state index in [0.717, 1.165) is 0 Å². The van der Waals surface area contributed by atoms with Crippen molar-refractivity contribution in [3.63, 3.8) is 0 Å². The molecule has 0 N–H and O–H groups in total. The molecule has 0 unspecified atom stereocenters. The minimum absolute atomic E-state index is 0.225. The maximum Gasteiger partial charge on any atom is 0.142 e. The number of rotatable bonds is 5. The van der Waals surface area contributed by atoms with Gasteiger partial charge in [0, 0.05) is 11.8 Å². The average Bonchev–Trinajstić information content (AvgIpc) is 2.22. The van der Waals surface area contributed by atoms with Crippen molar-refractivity contribution in [1.29, 1.82) is 0 Å². The first-order valence-electron chi connectivity index (χ1n) is 4.47. The molecule has 2 nitrogen and oxygen atoms in total. The van der Waals surface area contributed by atoms with Crippen molar-refractivity contribution in [2.75, 3.05) is 0 Å². The lowest BCUT2D eigenvalue weighted by molar-refractivity contribution is -0.104. The summed E-state index contributed by atoms with van der Waals surface area (Å²) in [6.45, 7) is 6.58. The molecule has 0 bridgehead atoms. The van der Waals surface area contributed by atoms with Gasteiger partial charge in [-0.05, 0) is 19.9 Å². The van der Waals surface area contributed by atoms with E-state index in [1.165, 1.54) is 31.4 Å². The summed E-state index contributed by atoms with van der Waals surface area (Å²) in [7, 11) is 0. The van der Waals surface area contributed by atoms with Gasteiger partial charge in [-0.2, -0.15) is 0 Å². The monoisotopic (exact) mass is 207 g/mol. The molecule has 0 amide bonds. The fraction of sp³-hybridized carbons (Fsp3) is 0.167. The second-order valence-corrected chi connectivity index (χ2v) is 2.62. The van der Waals surface area contributed by atoms with Crippen LogP contribution in [0.3, 0.4) is 0 Å². The topological polar surface area (TPSA) is 29.4 Å². The molecule has 0 saturated heterocycles. The van der Waals surface area contributed by atoms with Crippen LogP contribution in [0.2, 0.25) is 0 Å². The lowest BCUT2D eigenvalue weighted by Crippen LogP contribution is -1.86. The van der Waals surface area contributed by atoms with Crippen molar-refractivity contribution in [2.45, 2.75) is 13.8 Å². The summed E-state index contributed by atoms with van der Waals surface area (Å²) >= 11 is 0. The minimum atomic E-state index is -0.390. The Morgan fingerprint density at radius 1 is 1.40 bits per heavy atom. The molecule has 0 fully saturated rings. The first kappa shape index (κ1) is 13.2. The molecule has 0 rings (SSSR count). The van der Waals surface area contributed by atoms with Gasteiger partial charge in [-0.1, -0.05) is 24.8 Å². The van der Waals surface area contributed by atoms with Crippen LogP contribution in [0.1, 0.15) is 13.8 Å². The normalized spacial score (nSPS) is 14.5. The van der Waals surface area contributed by atoms with Crippen LogP contribution in [0.4, 0.5) is 4.39 Å². The standard InChI is InChI=1S/C12H14FNO/c1-4-11(8-6-7-9-15)12(10(3)13)14-5-2/h4-9H,1H2,2-3H3/b7-6+,11-8+,12-10+,14-5?. The highest BCUT2D eigenvalue weighted by Crippen LogP contribution is 2.18. The zero-order chi connectivity index (χ0) is 11.7. The van der Waals surface area contributed by atoms with E-state index in [1.807, 2.05) is 0 Å². The molecule has 0 aromatic heterocycles. The predicted octanol–water partition coefficient (Wildman–Crippen LogP) is 3.15. The number of hydrogen-bond acceptors (Lipinski definition) is 2. The Morgan fingerprint density at radius 3 is 2.47 bits per heavy atom. The second-order valence-electron chi connectivity index (χ2n) is 2.62. The Balaban J connectivity index is 5.17. The molecule has 0 aliphatic heterocycles. The SMILES string of the molecule is C=CC(=C\C=C\C=O)/C(N=CC)=C(/C)F. The van der Waals surface area contributed by atoms with Gasteiger partial charge >= 0.3 is 0 Å². The lowest BCUT2D eigenvalue weighted by Gasteiger charge is -2.01.